The molecule has 1 aliphatic heterocycles. The van der Waals surface area contributed by atoms with Crippen LogP contribution in [-0.4, -0.2) is 27.7 Å². The highest BCUT2D eigenvalue weighted by molar-refractivity contribution is 6.16. The number of ether oxygens (including phenoxy) is 1. The maximum absolute atomic E-state index is 12.3. The fourth-order valence-corrected chi connectivity index (χ4v) is 2.27. The Bertz CT molecular complexity index is 613. The van der Waals surface area contributed by atoms with Gasteiger partial charge in [-0.3, -0.25) is 4.90 Å². The van der Waals surface area contributed by atoms with Crippen molar-refractivity contribution in [1.82, 2.24) is 4.90 Å². The zero-order chi connectivity index (χ0) is 15.8. The lowest BCUT2D eigenvalue weighted by Gasteiger charge is -2.33. The Morgan fingerprint density at radius 3 is 2.43 bits per heavy atom. The number of aliphatic carboxylic acids is 1. The van der Waals surface area contributed by atoms with Crippen LogP contribution >= 0.6 is 0 Å². The summed E-state index contributed by atoms with van der Waals surface area (Å²) in [5.41, 5.74) is 0.889. The fraction of sp³-hybridized carbons (Fsp3) is 0.375. The zero-order valence-corrected chi connectivity index (χ0v) is 12.6. The number of hydrogen-bond acceptors (Lipinski definition) is 3. The molecule has 1 heterocycles. The first-order valence-corrected chi connectivity index (χ1v) is 6.76. The van der Waals surface area contributed by atoms with Gasteiger partial charge in [0.25, 0.3) is 0 Å². The molecule has 0 saturated carbocycles. The number of carbonyl (C=O) groups is 2. The summed E-state index contributed by atoms with van der Waals surface area (Å²) in [7, 11) is 0. The normalized spacial score (nSPS) is 17.8. The van der Waals surface area contributed by atoms with Crippen molar-refractivity contribution in [2.75, 3.05) is 0 Å². The molecule has 0 spiro atoms. The van der Waals surface area contributed by atoms with Gasteiger partial charge in [-0.05, 0) is 38.8 Å². The largest absolute Gasteiger partial charge is 0.478 e. The SMILES string of the molecule is CC1c2ccccc2C(C(=O)O)=CN1C(=O)OC(C)(C)C. The van der Waals surface area contributed by atoms with Crippen LogP contribution in [0.2, 0.25) is 0 Å². The van der Waals surface area contributed by atoms with Gasteiger partial charge in [0, 0.05) is 6.20 Å². The molecule has 1 atom stereocenters. The van der Waals surface area contributed by atoms with Crippen molar-refractivity contribution in [3.05, 3.63) is 41.6 Å². The lowest BCUT2D eigenvalue weighted by atomic mass is 9.92. The summed E-state index contributed by atoms with van der Waals surface area (Å²) in [5, 5.41) is 9.36. The molecule has 1 unspecified atom stereocenters. The molecule has 21 heavy (non-hydrogen) atoms. The topological polar surface area (TPSA) is 66.8 Å². The van der Waals surface area contributed by atoms with E-state index < -0.39 is 17.7 Å². The first kappa shape index (κ1) is 15.1. The van der Waals surface area contributed by atoms with E-state index >= 15 is 0 Å². The number of rotatable bonds is 1. The van der Waals surface area contributed by atoms with E-state index in [1.165, 1.54) is 11.1 Å². The van der Waals surface area contributed by atoms with Gasteiger partial charge in [-0.25, -0.2) is 9.59 Å². The Morgan fingerprint density at radius 2 is 1.86 bits per heavy atom. The maximum atomic E-state index is 12.3. The van der Waals surface area contributed by atoms with E-state index in [9.17, 15) is 14.7 Å². The van der Waals surface area contributed by atoms with Crippen LogP contribution in [0.25, 0.3) is 5.57 Å². The van der Waals surface area contributed by atoms with Gasteiger partial charge in [-0.15, -0.1) is 0 Å². The van der Waals surface area contributed by atoms with Crippen LogP contribution < -0.4 is 0 Å². The summed E-state index contributed by atoms with van der Waals surface area (Å²) >= 11 is 0. The van der Waals surface area contributed by atoms with Gasteiger partial charge in [-0.1, -0.05) is 24.3 Å². The van der Waals surface area contributed by atoms with Crippen LogP contribution in [0.1, 0.15) is 44.9 Å². The van der Waals surface area contributed by atoms with Gasteiger partial charge in [-0.2, -0.15) is 0 Å². The van der Waals surface area contributed by atoms with E-state index in [4.69, 9.17) is 4.74 Å². The van der Waals surface area contributed by atoms with Crippen LogP contribution in [0.5, 0.6) is 0 Å². The van der Waals surface area contributed by atoms with Crippen LogP contribution in [0, 0.1) is 0 Å². The van der Waals surface area contributed by atoms with E-state index in [2.05, 4.69) is 0 Å². The number of fused-ring (bicyclic) bond motifs is 1. The molecule has 5 nitrogen and oxygen atoms in total. The Kier molecular flexibility index (Phi) is 3.77. The molecule has 0 fully saturated rings. The second-order valence-corrected chi connectivity index (χ2v) is 6.00. The van der Waals surface area contributed by atoms with E-state index in [0.717, 1.165) is 5.56 Å². The van der Waals surface area contributed by atoms with Crippen LogP contribution in [-0.2, 0) is 9.53 Å². The van der Waals surface area contributed by atoms with Crippen molar-refractivity contribution in [3.63, 3.8) is 0 Å². The summed E-state index contributed by atoms with van der Waals surface area (Å²) in [6.07, 6.45) is 0.798. The van der Waals surface area contributed by atoms with Crippen molar-refractivity contribution in [2.24, 2.45) is 0 Å². The molecule has 1 aliphatic rings. The van der Waals surface area contributed by atoms with Crippen molar-refractivity contribution in [1.29, 1.82) is 0 Å². The molecule has 1 N–H and O–H groups in total. The third-order valence-corrected chi connectivity index (χ3v) is 3.22. The van der Waals surface area contributed by atoms with E-state index in [-0.39, 0.29) is 11.6 Å². The number of benzene rings is 1. The molecule has 5 heteroatoms. The number of carboxylic acids is 1. The molecule has 0 radical (unpaired) electrons. The lowest BCUT2D eigenvalue weighted by Crippen LogP contribution is -2.37. The summed E-state index contributed by atoms with van der Waals surface area (Å²) in [6, 6.07) is 6.91. The first-order chi connectivity index (χ1) is 9.70. The van der Waals surface area contributed by atoms with Gasteiger partial charge in [0.1, 0.15) is 5.60 Å². The molecular formula is C16H19NO4. The monoisotopic (exact) mass is 289 g/mol. The molecule has 0 saturated heterocycles. The molecule has 0 bridgehead atoms. The smallest absolute Gasteiger partial charge is 0.414 e. The molecule has 2 rings (SSSR count). The average Bonchev–Trinajstić information content (AvgIpc) is 2.36. The standard InChI is InChI=1S/C16H19NO4/c1-10-11-7-5-6-8-12(11)13(14(18)19)9-17(10)15(20)21-16(2,3)4/h5-10H,1-4H3,(H,18,19). The number of hydrogen-bond donors (Lipinski definition) is 1. The van der Waals surface area contributed by atoms with Crippen LogP contribution in [0.15, 0.2) is 30.5 Å². The van der Waals surface area contributed by atoms with Gasteiger partial charge >= 0.3 is 12.1 Å². The van der Waals surface area contributed by atoms with Crippen molar-refractivity contribution >= 4 is 17.6 Å². The number of carbonyl (C=O) groups excluding carboxylic acids is 1. The van der Waals surface area contributed by atoms with E-state index in [1.54, 1.807) is 32.9 Å². The van der Waals surface area contributed by atoms with Crippen molar-refractivity contribution in [2.45, 2.75) is 39.3 Å². The van der Waals surface area contributed by atoms with E-state index in [0.29, 0.717) is 5.56 Å². The summed E-state index contributed by atoms with van der Waals surface area (Å²) in [5.74, 6) is -1.07. The second kappa shape index (κ2) is 5.24. The highest BCUT2D eigenvalue weighted by atomic mass is 16.6. The van der Waals surface area contributed by atoms with Gasteiger partial charge in [0.2, 0.25) is 0 Å². The predicted molar refractivity (Wildman–Crippen MR) is 78.5 cm³/mol. The minimum Gasteiger partial charge on any atom is -0.478 e. The minimum atomic E-state index is -1.07. The Balaban J connectivity index is 2.44. The average molecular weight is 289 g/mol. The number of carboxylic acid groups (broad SMARTS) is 1. The molecule has 1 aromatic rings. The summed E-state index contributed by atoms with van der Waals surface area (Å²) < 4.78 is 5.34. The number of amides is 1. The van der Waals surface area contributed by atoms with Gasteiger partial charge in [0.05, 0.1) is 11.6 Å². The minimum absolute atomic E-state index is 0.0922. The zero-order valence-electron chi connectivity index (χ0n) is 12.6. The van der Waals surface area contributed by atoms with Crippen molar-refractivity contribution in [3.8, 4) is 0 Å². The molecule has 112 valence electrons. The molecule has 1 amide bonds. The molecule has 0 aromatic heterocycles. The quantitative estimate of drug-likeness (QED) is 0.860. The highest BCUT2D eigenvalue weighted by Gasteiger charge is 2.32. The molecular weight excluding hydrogens is 270 g/mol. The molecule has 0 aliphatic carbocycles. The van der Waals surface area contributed by atoms with E-state index in [1.807, 2.05) is 19.1 Å². The first-order valence-electron chi connectivity index (χ1n) is 6.76. The third-order valence-electron chi connectivity index (χ3n) is 3.22. The fourth-order valence-electron chi connectivity index (χ4n) is 2.27. The predicted octanol–water partition coefficient (Wildman–Crippen LogP) is 3.42. The summed E-state index contributed by atoms with van der Waals surface area (Å²) in [6.45, 7) is 7.16. The molecule has 1 aromatic carbocycles. The van der Waals surface area contributed by atoms with Crippen molar-refractivity contribution < 1.29 is 19.4 Å². The highest BCUT2D eigenvalue weighted by Crippen LogP contribution is 2.35. The second-order valence-electron chi connectivity index (χ2n) is 6.00. The Hall–Kier alpha value is -2.30. The van der Waals surface area contributed by atoms with Crippen LogP contribution in [0.4, 0.5) is 4.79 Å². The van der Waals surface area contributed by atoms with Gasteiger partial charge in [0.15, 0.2) is 0 Å². The maximum Gasteiger partial charge on any atom is 0.414 e. The van der Waals surface area contributed by atoms with Gasteiger partial charge < -0.3 is 9.84 Å². The Labute approximate surface area is 123 Å². The van der Waals surface area contributed by atoms with Crippen LogP contribution in [0.3, 0.4) is 0 Å². The Morgan fingerprint density at radius 1 is 1.24 bits per heavy atom. The number of nitrogens with zero attached hydrogens (tertiary/aromatic N) is 1. The summed E-state index contributed by atoms with van der Waals surface area (Å²) in [4.78, 5) is 25.0. The third kappa shape index (κ3) is 3.07. The lowest BCUT2D eigenvalue weighted by molar-refractivity contribution is -0.130.